The Kier molecular flexibility index (Phi) is 2.59. The molecule has 0 atom stereocenters. The van der Waals surface area contributed by atoms with E-state index < -0.39 is 17.5 Å². The quantitative estimate of drug-likeness (QED) is 0.775. The van der Waals surface area contributed by atoms with Crippen molar-refractivity contribution >= 4 is 10.9 Å². The molecule has 1 aromatic heterocycles. The molecule has 0 fully saturated rings. The summed E-state index contributed by atoms with van der Waals surface area (Å²) < 4.78 is 40.3. The Hall–Kier alpha value is -1.49. The first-order chi connectivity index (χ1) is 8.61. The third-order valence-corrected chi connectivity index (χ3v) is 3.62. The smallest absolute Gasteiger partial charge is 0.195 e. The predicted molar refractivity (Wildman–Crippen MR) is 62.8 cm³/mol. The summed E-state index contributed by atoms with van der Waals surface area (Å²) in [6.07, 6.45) is 0.751. The molecule has 2 nitrogen and oxygen atoms in total. The van der Waals surface area contributed by atoms with E-state index in [1.54, 1.807) is 0 Å². The summed E-state index contributed by atoms with van der Waals surface area (Å²) in [7, 11) is 0. The summed E-state index contributed by atoms with van der Waals surface area (Å²) in [5.41, 5.74) is 1.99. The van der Waals surface area contributed by atoms with Gasteiger partial charge in [0.05, 0.1) is 5.52 Å². The van der Waals surface area contributed by atoms with Crippen LogP contribution in [0.3, 0.4) is 0 Å². The van der Waals surface area contributed by atoms with Crippen molar-refractivity contribution in [1.82, 2.24) is 9.88 Å². The van der Waals surface area contributed by atoms with Crippen LogP contribution < -0.4 is 0 Å². The van der Waals surface area contributed by atoms with Crippen LogP contribution in [0.5, 0.6) is 0 Å². The largest absolute Gasteiger partial charge is 0.358 e. The van der Waals surface area contributed by atoms with E-state index >= 15 is 0 Å². The first-order valence-corrected chi connectivity index (χ1v) is 6.01. The summed E-state index contributed by atoms with van der Waals surface area (Å²) in [6, 6.07) is 1.03. The van der Waals surface area contributed by atoms with Crippen LogP contribution in [0, 0.1) is 17.5 Å². The molecule has 1 aliphatic rings. The standard InChI is InChI=1S/C13H13F3N2/c1-2-18-4-3-9-7(6-18)11-10(17-9)5-8(14)12(15)13(11)16/h5,17H,2-4,6H2,1H3. The summed E-state index contributed by atoms with van der Waals surface area (Å²) in [5, 5.41) is 0.196. The Balaban J connectivity index is 2.25. The molecule has 18 heavy (non-hydrogen) atoms. The molecule has 0 aliphatic carbocycles. The molecule has 1 N–H and O–H groups in total. The van der Waals surface area contributed by atoms with Crippen molar-refractivity contribution in [3.8, 4) is 0 Å². The van der Waals surface area contributed by atoms with E-state index in [-0.39, 0.29) is 5.39 Å². The van der Waals surface area contributed by atoms with Gasteiger partial charge in [-0.3, -0.25) is 4.90 Å². The Bertz CT molecular complexity index is 618. The van der Waals surface area contributed by atoms with Gasteiger partial charge in [0.15, 0.2) is 17.5 Å². The van der Waals surface area contributed by atoms with Crippen LogP contribution in [0.25, 0.3) is 10.9 Å². The maximum atomic E-state index is 13.9. The van der Waals surface area contributed by atoms with Gasteiger partial charge in [0.2, 0.25) is 0 Å². The van der Waals surface area contributed by atoms with Crippen LogP contribution in [-0.2, 0) is 13.0 Å². The molecule has 1 aromatic carbocycles. The minimum atomic E-state index is -1.39. The summed E-state index contributed by atoms with van der Waals surface area (Å²) >= 11 is 0. The zero-order valence-corrected chi connectivity index (χ0v) is 9.99. The number of aromatic nitrogens is 1. The number of nitrogens with one attached hydrogen (secondary N) is 1. The highest BCUT2D eigenvalue weighted by atomic mass is 19.2. The second-order valence-corrected chi connectivity index (χ2v) is 4.61. The first kappa shape index (κ1) is 11.6. The van der Waals surface area contributed by atoms with Crippen molar-refractivity contribution in [2.24, 2.45) is 0 Å². The van der Waals surface area contributed by atoms with Crippen molar-refractivity contribution < 1.29 is 13.2 Å². The molecule has 5 heteroatoms. The second-order valence-electron chi connectivity index (χ2n) is 4.61. The third kappa shape index (κ3) is 1.54. The summed E-state index contributed by atoms with van der Waals surface area (Å²) in [4.78, 5) is 5.15. The highest BCUT2D eigenvalue weighted by molar-refractivity contribution is 5.85. The summed E-state index contributed by atoms with van der Waals surface area (Å²) in [6.45, 7) is 4.34. The molecule has 0 saturated carbocycles. The van der Waals surface area contributed by atoms with E-state index in [0.717, 1.165) is 36.8 Å². The van der Waals surface area contributed by atoms with E-state index in [1.807, 2.05) is 6.92 Å². The van der Waals surface area contributed by atoms with Crippen LogP contribution >= 0.6 is 0 Å². The van der Waals surface area contributed by atoms with Crippen molar-refractivity contribution in [2.45, 2.75) is 19.9 Å². The van der Waals surface area contributed by atoms with Gasteiger partial charge in [0, 0.05) is 36.7 Å². The van der Waals surface area contributed by atoms with E-state index in [1.165, 1.54) is 0 Å². The number of nitrogens with zero attached hydrogens (tertiary/aromatic N) is 1. The van der Waals surface area contributed by atoms with Crippen LogP contribution in [0.1, 0.15) is 18.2 Å². The van der Waals surface area contributed by atoms with Gasteiger partial charge in [-0.05, 0) is 12.1 Å². The zero-order chi connectivity index (χ0) is 12.9. The topological polar surface area (TPSA) is 19.0 Å². The normalized spacial score (nSPS) is 16.2. The Morgan fingerprint density at radius 2 is 2.06 bits per heavy atom. The molecule has 3 rings (SSSR count). The summed E-state index contributed by atoms with van der Waals surface area (Å²) in [5.74, 6) is -3.62. The Morgan fingerprint density at radius 3 is 2.78 bits per heavy atom. The lowest BCUT2D eigenvalue weighted by Gasteiger charge is -2.25. The van der Waals surface area contributed by atoms with Gasteiger partial charge in [-0.25, -0.2) is 13.2 Å². The number of likely N-dealkylation sites (N-methyl/N-ethyl adjacent to an activating group) is 1. The molecule has 0 saturated heterocycles. The number of hydrogen-bond acceptors (Lipinski definition) is 1. The number of fused-ring (bicyclic) bond motifs is 3. The van der Waals surface area contributed by atoms with Crippen LogP contribution in [0.2, 0.25) is 0 Å². The Labute approximate surface area is 102 Å². The minimum absolute atomic E-state index is 0.196. The van der Waals surface area contributed by atoms with Gasteiger partial charge in [-0.15, -0.1) is 0 Å². The second kappa shape index (κ2) is 4.02. The number of aromatic amines is 1. The average Bonchev–Trinajstić information content (AvgIpc) is 2.72. The van der Waals surface area contributed by atoms with E-state index in [9.17, 15) is 13.2 Å². The number of benzene rings is 1. The lowest BCUT2D eigenvalue weighted by atomic mass is 10.0. The third-order valence-electron chi connectivity index (χ3n) is 3.62. The van der Waals surface area contributed by atoms with E-state index in [4.69, 9.17) is 0 Å². The lowest BCUT2D eigenvalue weighted by molar-refractivity contribution is 0.268. The molecule has 1 aliphatic heterocycles. The fraction of sp³-hybridized carbons (Fsp3) is 0.385. The fourth-order valence-corrected chi connectivity index (χ4v) is 2.61. The van der Waals surface area contributed by atoms with Crippen molar-refractivity contribution in [3.63, 3.8) is 0 Å². The molecule has 0 spiro atoms. The fourth-order valence-electron chi connectivity index (χ4n) is 2.61. The molecule has 2 heterocycles. The lowest BCUT2D eigenvalue weighted by Crippen LogP contribution is -2.29. The maximum absolute atomic E-state index is 13.9. The van der Waals surface area contributed by atoms with Crippen LogP contribution in [0.4, 0.5) is 13.2 Å². The average molecular weight is 254 g/mol. The maximum Gasteiger partial charge on any atom is 0.195 e. The molecule has 2 aromatic rings. The predicted octanol–water partition coefficient (Wildman–Crippen LogP) is 2.96. The molecule has 0 unspecified atom stereocenters. The van der Waals surface area contributed by atoms with Crippen molar-refractivity contribution in [1.29, 1.82) is 0 Å². The minimum Gasteiger partial charge on any atom is -0.358 e. The molecule has 0 bridgehead atoms. The Morgan fingerprint density at radius 1 is 1.28 bits per heavy atom. The monoisotopic (exact) mass is 254 g/mol. The number of halogens is 3. The van der Waals surface area contributed by atoms with Gasteiger partial charge >= 0.3 is 0 Å². The molecular weight excluding hydrogens is 241 g/mol. The van der Waals surface area contributed by atoms with Crippen molar-refractivity contribution in [2.75, 3.05) is 13.1 Å². The molecule has 0 amide bonds. The first-order valence-electron chi connectivity index (χ1n) is 6.01. The van der Waals surface area contributed by atoms with Crippen molar-refractivity contribution in [3.05, 3.63) is 34.8 Å². The van der Waals surface area contributed by atoms with Gasteiger partial charge in [-0.2, -0.15) is 0 Å². The van der Waals surface area contributed by atoms with E-state index in [2.05, 4.69) is 9.88 Å². The van der Waals surface area contributed by atoms with Gasteiger partial charge in [0.25, 0.3) is 0 Å². The highest BCUT2D eigenvalue weighted by Crippen LogP contribution is 2.31. The molecule has 96 valence electrons. The van der Waals surface area contributed by atoms with Gasteiger partial charge in [0.1, 0.15) is 0 Å². The molecular formula is C13H13F3N2. The highest BCUT2D eigenvalue weighted by Gasteiger charge is 2.24. The van der Waals surface area contributed by atoms with Gasteiger partial charge in [-0.1, -0.05) is 6.92 Å². The number of H-pyrrole nitrogens is 1. The van der Waals surface area contributed by atoms with Crippen LogP contribution in [-0.4, -0.2) is 23.0 Å². The zero-order valence-electron chi connectivity index (χ0n) is 9.99. The van der Waals surface area contributed by atoms with E-state index in [0.29, 0.717) is 12.1 Å². The van der Waals surface area contributed by atoms with Gasteiger partial charge < -0.3 is 4.98 Å². The molecule has 0 radical (unpaired) electrons. The number of rotatable bonds is 1. The van der Waals surface area contributed by atoms with Crippen LogP contribution in [0.15, 0.2) is 6.07 Å². The SMILES string of the molecule is CCN1CCc2[nH]c3cc(F)c(F)c(F)c3c2C1. The number of hydrogen-bond donors (Lipinski definition) is 1.